The lowest BCUT2D eigenvalue weighted by Gasteiger charge is -2.08. The topological polar surface area (TPSA) is 86.9 Å². The molecule has 0 saturated heterocycles. The molecule has 3 rings (SSSR count). The smallest absolute Gasteiger partial charge is 0.251 e. The summed E-state index contributed by atoms with van der Waals surface area (Å²) in [7, 11) is 0. The highest BCUT2D eigenvalue weighted by Gasteiger charge is 2.09. The van der Waals surface area contributed by atoms with Crippen molar-refractivity contribution in [2.75, 3.05) is 11.9 Å². The molecule has 6 heteroatoms. The molecule has 2 amide bonds. The summed E-state index contributed by atoms with van der Waals surface area (Å²) in [6.45, 7) is 2.17. The molecule has 3 aromatic rings. The Kier molecular flexibility index (Phi) is 4.56. The highest BCUT2D eigenvalue weighted by Crippen LogP contribution is 2.16. The highest BCUT2D eigenvalue weighted by molar-refractivity contribution is 5.96. The van der Waals surface area contributed by atoms with Crippen molar-refractivity contribution < 1.29 is 9.59 Å². The molecule has 0 aliphatic carbocycles. The van der Waals surface area contributed by atoms with E-state index in [2.05, 4.69) is 20.8 Å². The van der Waals surface area contributed by atoms with Gasteiger partial charge in [0.05, 0.1) is 11.7 Å². The van der Waals surface area contributed by atoms with E-state index in [9.17, 15) is 9.59 Å². The fraction of sp³-hybridized carbons (Fsp3) is 0.167. The molecule has 0 aliphatic rings. The van der Waals surface area contributed by atoms with Crippen molar-refractivity contribution in [3.05, 3.63) is 59.8 Å². The Morgan fingerprint density at radius 1 is 1.17 bits per heavy atom. The summed E-state index contributed by atoms with van der Waals surface area (Å²) in [6, 6.07) is 12.9. The number of anilines is 1. The van der Waals surface area contributed by atoms with Gasteiger partial charge in [0, 0.05) is 29.6 Å². The lowest BCUT2D eigenvalue weighted by molar-refractivity contribution is -0.116. The van der Waals surface area contributed by atoms with Crippen LogP contribution in [0.25, 0.3) is 10.9 Å². The van der Waals surface area contributed by atoms with Gasteiger partial charge in [0.1, 0.15) is 0 Å². The highest BCUT2D eigenvalue weighted by atomic mass is 16.2. The maximum Gasteiger partial charge on any atom is 0.251 e. The van der Waals surface area contributed by atoms with Crippen molar-refractivity contribution in [3.63, 3.8) is 0 Å². The first kappa shape index (κ1) is 15.7. The molecule has 24 heavy (non-hydrogen) atoms. The normalized spacial score (nSPS) is 10.5. The number of rotatable bonds is 5. The van der Waals surface area contributed by atoms with Crippen LogP contribution >= 0.6 is 0 Å². The van der Waals surface area contributed by atoms with Gasteiger partial charge in [-0.15, -0.1) is 0 Å². The maximum atomic E-state index is 12.1. The van der Waals surface area contributed by atoms with Gasteiger partial charge in [-0.2, -0.15) is 5.10 Å². The zero-order chi connectivity index (χ0) is 16.9. The van der Waals surface area contributed by atoms with Crippen LogP contribution < -0.4 is 10.6 Å². The van der Waals surface area contributed by atoms with Crippen LogP contribution in [0.5, 0.6) is 0 Å². The minimum absolute atomic E-state index is 0.150. The molecule has 1 aromatic heterocycles. The predicted molar refractivity (Wildman–Crippen MR) is 92.9 cm³/mol. The second kappa shape index (κ2) is 6.95. The van der Waals surface area contributed by atoms with Gasteiger partial charge in [-0.1, -0.05) is 18.2 Å². The largest absolute Gasteiger partial charge is 0.352 e. The standard InChI is InChI=1S/C18H18N4O2/c1-12-4-2-3-5-15(12)18(24)19-9-8-17(23)21-14-6-7-16-13(10-14)11-20-22-16/h2-7,10-11H,8-9H2,1H3,(H,19,24)(H,20,22)(H,21,23). The van der Waals surface area contributed by atoms with Gasteiger partial charge in [0.25, 0.3) is 5.91 Å². The molecule has 0 fully saturated rings. The van der Waals surface area contributed by atoms with Gasteiger partial charge in [0.2, 0.25) is 5.91 Å². The zero-order valence-electron chi connectivity index (χ0n) is 13.3. The molecular formula is C18H18N4O2. The first-order valence-electron chi connectivity index (χ1n) is 7.70. The van der Waals surface area contributed by atoms with Gasteiger partial charge < -0.3 is 10.6 Å². The number of aryl methyl sites for hydroxylation is 1. The third-order valence-corrected chi connectivity index (χ3v) is 3.75. The molecular weight excluding hydrogens is 304 g/mol. The van der Waals surface area contributed by atoms with Crippen LogP contribution in [-0.2, 0) is 4.79 Å². The number of benzene rings is 2. The van der Waals surface area contributed by atoms with Gasteiger partial charge >= 0.3 is 0 Å². The number of nitrogens with zero attached hydrogens (tertiary/aromatic N) is 1. The Hall–Kier alpha value is -3.15. The second-order valence-electron chi connectivity index (χ2n) is 5.54. The van der Waals surface area contributed by atoms with Crippen LogP contribution in [0.3, 0.4) is 0 Å². The van der Waals surface area contributed by atoms with Crippen LogP contribution in [0.4, 0.5) is 5.69 Å². The molecule has 0 spiro atoms. The summed E-state index contributed by atoms with van der Waals surface area (Å²) >= 11 is 0. The average molecular weight is 322 g/mol. The van der Waals surface area contributed by atoms with Crippen molar-refractivity contribution in [1.29, 1.82) is 0 Å². The van der Waals surface area contributed by atoms with E-state index in [1.54, 1.807) is 12.3 Å². The number of carbonyl (C=O) groups is 2. The number of amides is 2. The zero-order valence-corrected chi connectivity index (χ0v) is 13.3. The third kappa shape index (κ3) is 3.60. The van der Waals surface area contributed by atoms with Crippen molar-refractivity contribution in [1.82, 2.24) is 15.5 Å². The minimum atomic E-state index is -0.166. The van der Waals surface area contributed by atoms with Crippen LogP contribution in [0.2, 0.25) is 0 Å². The minimum Gasteiger partial charge on any atom is -0.352 e. The van der Waals surface area contributed by atoms with Crippen molar-refractivity contribution in [2.45, 2.75) is 13.3 Å². The van der Waals surface area contributed by atoms with Crippen molar-refractivity contribution in [3.8, 4) is 0 Å². The van der Waals surface area contributed by atoms with E-state index in [1.807, 2.05) is 43.3 Å². The molecule has 0 aliphatic heterocycles. The quantitative estimate of drug-likeness (QED) is 0.675. The lowest BCUT2D eigenvalue weighted by Crippen LogP contribution is -2.28. The van der Waals surface area contributed by atoms with Crippen LogP contribution in [0.1, 0.15) is 22.3 Å². The first-order valence-corrected chi connectivity index (χ1v) is 7.70. The Bertz CT molecular complexity index is 885. The molecule has 6 nitrogen and oxygen atoms in total. The number of carbonyl (C=O) groups excluding carboxylic acids is 2. The number of H-pyrrole nitrogens is 1. The molecule has 3 N–H and O–H groups in total. The van der Waals surface area contributed by atoms with Gasteiger partial charge in [-0.25, -0.2) is 0 Å². The maximum absolute atomic E-state index is 12.1. The summed E-state index contributed by atoms with van der Waals surface area (Å²) in [5.41, 5.74) is 3.16. The number of hydrogen-bond acceptors (Lipinski definition) is 3. The van der Waals surface area contributed by atoms with Crippen LogP contribution in [-0.4, -0.2) is 28.6 Å². The van der Waals surface area contributed by atoms with E-state index < -0.39 is 0 Å². The molecule has 0 unspecified atom stereocenters. The molecule has 0 saturated carbocycles. The fourth-order valence-electron chi connectivity index (χ4n) is 2.46. The van der Waals surface area contributed by atoms with Crippen molar-refractivity contribution in [2.24, 2.45) is 0 Å². The summed E-state index contributed by atoms with van der Waals surface area (Å²) < 4.78 is 0. The SMILES string of the molecule is Cc1ccccc1C(=O)NCCC(=O)Nc1ccc2[nH]ncc2c1. The molecule has 0 radical (unpaired) electrons. The first-order chi connectivity index (χ1) is 11.6. The van der Waals surface area contributed by atoms with Crippen LogP contribution in [0, 0.1) is 6.92 Å². The fourth-order valence-corrected chi connectivity index (χ4v) is 2.46. The summed E-state index contributed by atoms with van der Waals surface area (Å²) in [5.74, 6) is -0.316. The number of nitrogens with one attached hydrogen (secondary N) is 3. The van der Waals surface area contributed by atoms with E-state index in [-0.39, 0.29) is 24.8 Å². The van der Waals surface area contributed by atoms with E-state index in [0.717, 1.165) is 16.5 Å². The summed E-state index contributed by atoms with van der Waals surface area (Å²) in [6.07, 6.45) is 1.91. The van der Waals surface area contributed by atoms with Crippen LogP contribution in [0.15, 0.2) is 48.7 Å². The number of aromatic amines is 1. The molecule has 0 bridgehead atoms. The molecule has 2 aromatic carbocycles. The Morgan fingerprint density at radius 2 is 2.00 bits per heavy atom. The van der Waals surface area contributed by atoms with E-state index in [4.69, 9.17) is 0 Å². The monoisotopic (exact) mass is 322 g/mol. The number of fused-ring (bicyclic) bond motifs is 1. The number of hydrogen-bond donors (Lipinski definition) is 3. The van der Waals surface area contributed by atoms with E-state index >= 15 is 0 Å². The second-order valence-corrected chi connectivity index (χ2v) is 5.54. The van der Waals surface area contributed by atoms with E-state index in [1.165, 1.54) is 0 Å². The average Bonchev–Trinajstić information content (AvgIpc) is 3.02. The van der Waals surface area contributed by atoms with E-state index in [0.29, 0.717) is 11.3 Å². The van der Waals surface area contributed by atoms with Crippen molar-refractivity contribution >= 4 is 28.4 Å². The van der Waals surface area contributed by atoms with Gasteiger partial charge in [-0.3, -0.25) is 14.7 Å². The summed E-state index contributed by atoms with van der Waals surface area (Å²) in [4.78, 5) is 24.1. The Balaban J connectivity index is 1.50. The summed E-state index contributed by atoms with van der Waals surface area (Å²) in [5, 5.41) is 13.3. The van der Waals surface area contributed by atoms with Gasteiger partial charge in [0.15, 0.2) is 0 Å². The molecule has 1 heterocycles. The Labute approximate surface area is 139 Å². The number of aromatic nitrogens is 2. The molecule has 122 valence electrons. The molecule has 0 atom stereocenters. The van der Waals surface area contributed by atoms with Gasteiger partial charge in [-0.05, 0) is 36.8 Å². The predicted octanol–water partition coefficient (Wildman–Crippen LogP) is 2.63. The third-order valence-electron chi connectivity index (χ3n) is 3.75. The Morgan fingerprint density at radius 3 is 2.83 bits per heavy atom. The lowest BCUT2D eigenvalue weighted by atomic mass is 10.1.